The van der Waals surface area contributed by atoms with Gasteiger partial charge in [-0.2, -0.15) is 0 Å². The van der Waals surface area contributed by atoms with Crippen molar-refractivity contribution < 1.29 is 19.4 Å². The summed E-state index contributed by atoms with van der Waals surface area (Å²) in [4.78, 5) is 12.2. The molecule has 2 aliphatic rings. The van der Waals surface area contributed by atoms with E-state index in [0.29, 0.717) is 30.1 Å². The minimum atomic E-state index is -0.777. The smallest absolute Gasteiger partial charge is 0.254 e. The number of hydrogen-bond acceptors (Lipinski definition) is 4. The van der Waals surface area contributed by atoms with E-state index in [1.807, 2.05) is 32.0 Å². The highest BCUT2D eigenvalue weighted by Crippen LogP contribution is 2.50. The monoisotopic (exact) mass is 289 g/mol. The Hall–Kier alpha value is -2.17. The number of piperidine rings is 1. The largest absolute Gasteiger partial charge is 0.512 e. The Morgan fingerprint density at radius 1 is 1.57 bits per heavy atom. The molecule has 1 saturated heterocycles. The van der Waals surface area contributed by atoms with E-state index in [4.69, 9.17) is 9.47 Å². The quantitative estimate of drug-likeness (QED) is 0.649. The van der Waals surface area contributed by atoms with Crippen LogP contribution in [0.3, 0.4) is 0 Å². The van der Waals surface area contributed by atoms with Crippen LogP contribution in [0.25, 0.3) is 0 Å². The molecule has 21 heavy (non-hydrogen) atoms. The number of para-hydroxylation sites is 1. The molecule has 2 aliphatic heterocycles. The van der Waals surface area contributed by atoms with Crippen molar-refractivity contribution in [2.45, 2.75) is 38.8 Å². The number of nitrogens with one attached hydrogen (secondary N) is 1. The van der Waals surface area contributed by atoms with E-state index in [-0.39, 0.29) is 17.6 Å². The van der Waals surface area contributed by atoms with Gasteiger partial charge in [0.2, 0.25) is 0 Å². The lowest BCUT2D eigenvalue weighted by molar-refractivity contribution is -0.127. The van der Waals surface area contributed by atoms with E-state index in [2.05, 4.69) is 5.32 Å². The molecule has 3 rings (SSSR count). The lowest BCUT2D eigenvalue weighted by Gasteiger charge is -2.45. The van der Waals surface area contributed by atoms with Gasteiger partial charge in [0.05, 0.1) is 17.9 Å². The normalized spacial score (nSPS) is 29.1. The lowest BCUT2D eigenvalue weighted by atomic mass is 9.78. The second-order valence-corrected chi connectivity index (χ2v) is 5.65. The van der Waals surface area contributed by atoms with E-state index < -0.39 is 5.72 Å². The molecule has 1 fully saturated rings. The highest BCUT2D eigenvalue weighted by molar-refractivity contribution is 5.97. The Morgan fingerprint density at radius 3 is 3.00 bits per heavy atom. The highest BCUT2D eigenvalue weighted by atomic mass is 16.5. The van der Waals surface area contributed by atoms with Crippen molar-refractivity contribution in [2.24, 2.45) is 0 Å². The van der Waals surface area contributed by atoms with Crippen molar-refractivity contribution >= 4 is 5.91 Å². The SMILES string of the molecule is CCOc1cccc2c1OC1(C)CC2C(=C(C)O)C(=O)N1. The van der Waals surface area contributed by atoms with Gasteiger partial charge >= 0.3 is 0 Å². The number of fused-ring (bicyclic) bond motifs is 4. The fourth-order valence-corrected chi connectivity index (χ4v) is 3.17. The molecule has 5 nitrogen and oxygen atoms in total. The van der Waals surface area contributed by atoms with Crippen LogP contribution in [0, 0.1) is 0 Å². The Labute approximate surface area is 123 Å². The number of benzene rings is 1. The summed E-state index contributed by atoms with van der Waals surface area (Å²) >= 11 is 0. The molecule has 0 aliphatic carbocycles. The second-order valence-electron chi connectivity index (χ2n) is 5.65. The summed E-state index contributed by atoms with van der Waals surface area (Å²) in [6.45, 7) is 5.83. The first-order valence-electron chi connectivity index (χ1n) is 7.12. The summed E-state index contributed by atoms with van der Waals surface area (Å²) in [5.74, 6) is 0.905. The van der Waals surface area contributed by atoms with Gasteiger partial charge in [-0.3, -0.25) is 4.79 Å². The van der Waals surface area contributed by atoms with Gasteiger partial charge in [0.25, 0.3) is 5.91 Å². The number of ether oxygens (including phenoxy) is 2. The third kappa shape index (κ3) is 2.13. The molecule has 112 valence electrons. The van der Waals surface area contributed by atoms with Crippen molar-refractivity contribution in [3.63, 3.8) is 0 Å². The fraction of sp³-hybridized carbons (Fsp3) is 0.438. The topological polar surface area (TPSA) is 67.8 Å². The van der Waals surface area contributed by atoms with Gasteiger partial charge in [-0.05, 0) is 26.8 Å². The van der Waals surface area contributed by atoms with Crippen LogP contribution in [0.15, 0.2) is 29.5 Å². The molecule has 1 aromatic rings. The van der Waals surface area contributed by atoms with Crippen LogP contribution < -0.4 is 14.8 Å². The van der Waals surface area contributed by atoms with Crippen LogP contribution in [0.2, 0.25) is 0 Å². The number of hydrogen-bond donors (Lipinski definition) is 2. The number of amides is 1. The molecule has 5 heteroatoms. The van der Waals surface area contributed by atoms with Crippen LogP contribution in [0.1, 0.15) is 38.7 Å². The van der Waals surface area contributed by atoms with Crippen molar-refractivity contribution in [1.29, 1.82) is 0 Å². The Bertz CT molecular complexity index is 633. The van der Waals surface area contributed by atoms with Gasteiger partial charge in [0.1, 0.15) is 0 Å². The summed E-state index contributed by atoms with van der Waals surface area (Å²) in [7, 11) is 0. The van der Waals surface area contributed by atoms with Crippen LogP contribution in [0.4, 0.5) is 0 Å². The van der Waals surface area contributed by atoms with Gasteiger partial charge in [-0.1, -0.05) is 12.1 Å². The maximum Gasteiger partial charge on any atom is 0.254 e. The van der Waals surface area contributed by atoms with Crippen molar-refractivity contribution in [3.05, 3.63) is 35.1 Å². The average Bonchev–Trinajstić information content (AvgIpc) is 2.38. The van der Waals surface area contributed by atoms with Gasteiger partial charge in [-0.15, -0.1) is 0 Å². The van der Waals surface area contributed by atoms with E-state index in [1.165, 1.54) is 0 Å². The molecule has 2 N–H and O–H groups in total. The first kappa shape index (κ1) is 13.8. The maximum atomic E-state index is 12.2. The predicted octanol–water partition coefficient (Wildman–Crippen LogP) is 2.63. The Balaban J connectivity index is 2.18. The van der Waals surface area contributed by atoms with Crippen LogP contribution in [0.5, 0.6) is 11.5 Å². The predicted molar refractivity (Wildman–Crippen MR) is 77.5 cm³/mol. The number of allylic oxidation sites excluding steroid dienone is 1. The van der Waals surface area contributed by atoms with Gasteiger partial charge in [0.15, 0.2) is 17.2 Å². The van der Waals surface area contributed by atoms with Crippen LogP contribution >= 0.6 is 0 Å². The van der Waals surface area contributed by atoms with Crippen molar-refractivity contribution in [3.8, 4) is 11.5 Å². The standard InChI is InChI=1S/C16H19NO4/c1-4-20-12-7-5-6-10-11-8-16(3,21-14(10)12)17-15(19)13(11)9(2)18/h5-7,11,18H,4,8H2,1-3H3,(H,17,19). The zero-order valence-electron chi connectivity index (χ0n) is 12.4. The minimum absolute atomic E-state index is 0.0502. The lowest BCUT2D eigenvalue weighted by Crippen LogP contribution is -2.58. The average molecular weight is 289 g/mol. The zero-order chi connectivity index (χ0) is 15.2. The van der Waals surface area contributed by atoms with Crippen molar-refractivity contribution in [1.82, 2.24) is 5.32 Å². The number of carbonyl (C=O) groups excluding carboxylic acids is 1. The molecular weight excluding hydrogens is 270 g/mol. The summed E-state index contributed by atoms with van der Waals surface area (Å²) < 4.78 is 11.6. The van der Waals surface area contributed by atoms with Gasteiger partial charge < -0.3 is 19.9 Å². The Morgan fingerprint density at radius 2 is 2.33 bits per heavy atom. The molecular formula is C16H19NO4. The first-order valence-corrected chi connectivity index (χ1v) is 7.12. The molecule has 0 aromatic heterocycles. The highest BCUT2D eigenvalue weighted by Gasteiger charge is 2.48. The molecule has 1 aromatic carbocycles. The molecule has 0 saturated carbocycles. The maximum absolute atomic E-state index is 12.2. The third-order valence-corrected chi connectivity index (χ3v) is 3.97. The molecule has 2 atom stereocenters. The number of aliphatic hydroxyl groups is 1. The van der Waals surface area contributed by atoms with E-state index >= 15 is 0 Å². The van der Waals surface area contributed by atoms with E-state index in [0.717, 1.165) is 5.56 Å². The number of rotatable bonds is 2. The summed E-state index contributed by atoms with van der Waals surface area (Å²) in [6.07, 6.45) is 0.592. The van der Waals surface area contributed by atoms with Gasteiger partial charge in [-0.25, -0.2) is 0 Å². The minimum Gasteiger partial charge on any atom is -0.512 e. The summed E-state index contributed by atoms with van der Waals surface area (Å²) in [5.41, 5.74) is 0.517. The summed E-state index contributed by atoms with van der Waals surface area (Å²) in [6, 6.07) is 5.65. The molecule has 0 radical (unpaired) electrons. The van der Waals surface area contributed by atoms with E-state index in [9.17, 15) is 9.90 Å². The number of aliphatic hydroxyl groups excluding tert-OH is 1. The number of carbonyl (C=O) groups is 1. The molecule has 2 heterocycles. The first-order chi connectivity index (χ1) is 9.95. The van der Waals surface area contributed by atoms with Crippen LogP contribution in [-0.4, -0.2) is 23.3 Å². The summed E-state index contributed by atoms with van der Waals surface area (Å²) in [5, 5.41) is 12.7. The molecule has 1 amide bonds. The zero-order valence-corrected chi connectivity index (χ0v) is 12.4. The van der Waals surface area contributed by atoms with Crippen LogP contribution in [-0.2, 0) is 4.79 Å². The third-order valence-electron chi connectivity index (χ3n) is 3.97. The fourth-order valence-electron chi connectivity index (χ4n) is 3.17. The molecule has 0 spiro atoms. The second kappa shape index (κ2) is 4.69. The Kier molecular flexibility index (Phi) is 3.08. The van der Waals surface area contributed by atoms with Gasteiger partial charge in [0, 0.05) is 17.9 Å². The van der Waals surface area contributed by atoms with Crippen molar-refractivity contribution in [2.75, 3.05) is 6.61 Å². The molecule has 2 unspecified atom stereocenters. The van der Waals surface area contributed by atoms with E-state index in [1.54, 1.807) is 6.92 Å². The molecule has 2 bridgehead atoms.